The highest BCUT2D eigenvalue weighted by Gasteiger charge is 2.16. The minimum absolute atomic E-state index is 0.586. The van der Waals surface area contributed by atoms with Crippen LogP contribution in [0.3, 0.4) is 0 Å². The van der Waals surface area contributed by atoms with Crippen molar-refractivity contribution in [1.29, 1.82) is 0 Å². The smallest absolute Gasteiger partial charge is 0.164 e. The summed E-state index contributed by atoms with van der Waals surface area (Å²) in [6.07, 6.45) is 7.00. The van der Waals surface area contributed by atoms with Crippen LogP contribution in [0.2, 0.25) is 0 Å². The summed E-state index contributed by atoms with van der Waals surface area (Å²) in [6.45, 7) is 0. The summed E-state index contributed by atoms with van der Waals surface area (Å²) in [5.74, 6) is 1.77. The minimum atomic E-state index is 0.586. The van der Waals surface area contributed by atoms with Crippen LogP contribution in [0.4, 0.5) is 0 Å². The maximum Gasteiger partial charge on any atom is 0.164 e. The Morgan fingerprint density at radius 2 is 0.769 bits per heavy atom. The lowest BCUT2D eigenvalue weighted by Gasteiger charge is -2.15. The van der Waals surface area contributed by atoms with Crippen LogP contribution in [-0.4, -0.2) is 24.9 Å². The van der Waals surface area contributed by atoms with E-state index in [2.05, 4.69) is 143 Å². The van der Waals surface area contributed by atoms with Crippen LogP contribution >= 0.6 is 0 Å². The van der Waals surface area contributed by atoms with Gasteiger partial charge >= 0.3 is 0 Å². The Bertz CT molecular complexity index is 2610. The van der Waals surface area contributed by atoms with Crippen LogP contribution in [0.15, 0.2) is 189 Å². The average molecular weight is 666 g/mol. The predicted octanol–water partition coefficient (Wildman–Crippen LogP) is 11.5. The second-order valence-electron chi connectivity index (χ2n) is 12.6. The highest BCUT2D eigenvalue weighted by atomic mass is 15.0. The van der Waals surface area contributed by atoms with Crippen molar-refractivity contribution in [3.05, 3.63) is 189 Å². The standard InChI is InChI=1S/C47H31N5/c1-2-9-33(10-3-1)44-31-40(47-51-45(34-21-25-48-26-22-34)50-46(52-47)35-23-27-49-28-24-35)19-20-43(44)39-16-7-14-37(30-39)36-13-6-15-38(29-36)42-18-8-12-32-11-4-5-17-41(32)42/h1-31H. The van der Waals surface area contributed by atoms with E-state index in [9.17, 15) is 0 Å². The Hall–Kier alpha value is -7.11. The highest BCUT2D eigenvalue weighted by molar-refractivity contribution is 5.97. The van der Waals surface area contributed by atoms with Crippen molar-refractivity contribution in [3.8, 4) is 78.7 Å². The fraction of sp³-hybridized carbons (Fsp3) is 0. The van der Waals surface area contributed by atoms with Crippen molar-refractivity contribution in [1.82, 2.24) is 24.9 Å². The largest absolute Gasteiger partial charge is 0.265 e. The van der Waals surface area contributed by atoms with Gasteiger partial charge in [0.1, 0.15) is 0 Å². The Balaban J connectivity index is 1.15. The number of hydrogen-bond donors (Lipinski definition) is 0. The number of rotatable bonds is 7. The molecule has 0 amide bonds. The molecule has 0 saturated heterocycles. The summed E-state index contributed by atoms with van der Waals surface area (Å²) in [5.41, 5.74) is 11.9. The van der Waals surface area contributed by atoms with E-state index in [0.29, 0.717) is 17.5 Å². The van der Waals surface area contributed by atoms with E-state index in [1.807, 2.05) is 30.3 Å². The van der Waals surface area contributed by atoms with Gasteiger partial charge in [-0.15, -0.1) is 0 Å². The van der Waals surface area contributed by atoms with E-state index < -0.39 is 0 Å². The summed E-state index contributed by atoms with van der Waals surface area (Å²) in [5, 5.41) is 2.49. The second kappa shape index (κ2) is 13.7. The normalized spacial score (nSPS) is 11.1. The zero-order valence-corrected chi connectivity index (χ0v) is 28.1. The fourth-order valence-electron chi connectivity index (χ4n) is 6.77. The van der Waals surface area contributed by atoms with E-state index in [4.69, 9.17) is 15.0 Å². The second-order valence-corrected chi connectivity index (χ2v) is 12.6. The molecule has 9 aromatic rings. The number of pyridine rings is 2. The first-order chi connectivity index (χ1) is 25.8. The maximum atomic E-state index is 4.98. The number of hydrogen-bond acceptors (Lipinski definition) is 5. The van der Waals surface area contributed by atoms with Gasteiger partial charge in [-0.3, -0.25) is 9.97 Å². The molecule has 0 N–H and O–H groups in total. The fourth-order valence-corrected chi connectivity index (χ4v) is 6.77. The maximum absolute atomic E-state index is 4.98. The van der Waals surface area contributed by atoms with Crippen molar-refractivity contribution in [2.75, 3.05) is 0 Å². The van der Waals surface area contributed by atoms with Gasteiger partial charge in [-0.2, -0.15) is 0 Å². The van der Waals surface area contributed by atoms with Crippen LogP contribution in [0.5, 0.6) is 0 Å². The van der Waals surface area contributed by atoms with Crippen LogP contribution in [0.25, 0.3) is 89.4 Å². The molecule has 6 aromatic carbocycles. The Morgan fingerprint density at radius 3 is 1.42 bits per heavy atom. The van der Waals surface area contributed by atoms with Crippen molar-refractivity contribution in [2.24, 2.45) is 0 Å². The summed E-state index contributed by atoms with van der Waals surface area (Å²) in [6, 6.07) is 57.4. The van der Waals surface area contributed by atoms with Gasteiger partial charge in [0.05, 0.1) is 0 Å². The first-order valence-electron chi connectivity index (χ1n) is 17.2. The van der Waals surface area contributed by atoms with E-state index in [1.165, 1.54) is 27.5 Å². The number of aromatic nitrogens is 5. The van der Waals surface area contributed by atoms with Gasteiger partial charge in [-0.25, -0.2) is 15.0 Å². The molecule has 3 aromatic heterocycles. The first kappa shape index (κ1) is 30.9. The van der Waals surface area contributed by atoms with Gasteiger partial charge in [0.25, 0.3) is 0 Å². The van der Waals surface area contributed by atoms with Crippen molar-refractivity contribution in [2.45, 2.75) is 0 Å². The molecule has 0 unspecified atom stereocenters. The van der Waals surface area contributed by atoms with Gasteiger partial charge < -0.3 is 0 Å². The summed E-state index contributed by atoms with van der Waals surface area (Å²) in [4.78, 5) is 23.2. The molecule has 3 heterocycles. The number of benzene rings is 6. The molecule has 5 nitrogen and oxygen atoms in total. The molecule has 52 heavy (non-hydrogen) atoms. The molecule has 0 aliphatic rings. The molecule has 0 bridgehead atoms. The zero-order chi connectivity index (χ0) is 34.7. The molecule has 0 aliphatic carbocycles. The van der Waals surface area contributed by atoms with E-state index >= 15 is 0 Å². The van der Waals surface area contributed by atoms with E-state index in [0.717, 1.165) is 44.5 Å². The molecule has 244 valence electrons. The first-order valence-corrected chi connectivity index (χ1v) is 17.2. The zero-order valence-electron chi connectivity index (χ0n) is 28.1. The van der Waals surface area contributed by atoms with Crippen molar-refractivity contribution < 1.29 is 0 Å². The predicted molar refractivity (Wildman–Crippen MR) is 211 cm³/mol. The molecule has 0 aliphatic heterocycles. The van der Waals surface area contributed by atoms with Crippen LogP contribution in [0, 0.1) is 0 Å². The number of nitrogens with zero attached hydrogens (tertiary/aromatic N) is 5. The summed E-state index contributed by atoms with van der Waals surface area (Å²) < 4.78 is 0. The third-order valence-electron chi connectivity index (χ3n) is 9.35. The Morgan fingerprint density at radius 1 is 0.269 bits per heavy atom. The molecule has 0 atom stereocenters. The van der Waals surface area contributed by atoms with Crippen molar-refractivity contribution >= 4 is 10.8 Å². The number of fused-ring (bicyclic) bond motifs is 1. The molecule has 0 radical (unpaired) electrons. The lowest BCUT2D eigenvalue weighted by molar-refractivity contribution is 1.07. The highest BCUT2D eigenvalue weighted by Crippen LogP contribution is 2.38. The topological polar surface area (TPSA) is 64.5 Å². The monoisotopic (exact) mass is 665 g/mol. The van der Waals surface area contributed by atoms with Crippen LogP contribution in [-0.2, 0) is 0 Å². The van der Waals surface area contributed by atoms with Crippen LogP contribution < -0.4 is 0 Å². The molecule has 0 saturated carbocycles. The van der Waals surface area contributed by atoms with Gasteiger partial charge in [-0.05, 0) is 97.7 Å². The Labute approximate surface area is 302 Å². The van der Waals surface area contributed by atoms with Gasteiger partial charge in [0.15, 0.2) is 17.5 Å². The average Bonchev–Trinajstić information content (AvgIpc) is 3.24. The van der Waals surface area contributed by atoms with Gasteiger partial charge in [0.2, 0.25) is 0 Å². The van der Waals surface area contributed by atoms with Gasteiger partial charge in [0, 0.05) is 41.5 Å². The Kier molecular flexibility index (Phi) is 8.12. The summed E-state index contributed by atoms with van der Waals surface area (Å²) in [7, 11) is 0. The third kappa shape index (κ3) is 6.12. The molecule has 0 spiro atoms. The minimum Gasteiger partial charge on any atom is -0.265 e. The lowest BCUT2D eigenvalue weighted by atomic mass is 9.90. The molecule has 9 rings (SSSR count). The molecular formula is C47H31N5. The molecule has 0 fully saturated rings. The van der Waals surface area contributed by atoms with Crippen molar-refractivity contribution in [3.63, 3.8) is 0 Å². The lowest BCUT2D eigenvalue weighted by Crippen LogP contribution is -2.00. The molecule has 5 heteroatoms. The van der Waals surface area contributed by atoms with Crippen LogP contribution in [0.1, 0.15) is 0 Å². The third-order valence-corrected chi connectivity index (χ3v) is 9.35. The van der Waals surface area contributed by atoms with Gasteiger partial charge in [-0.1, -0.05) is 121 Å². The quantitative estimate of drug-likeness (QED) is 0.169. The SMILES string of the molecule is c1ccc(-c2cc(-c3nc(-c4ccncc4)nc(-c4ccncc4)n3)ccc2-c2cccc(-c3cccc(-c4cccc5ccccc45)c3)c2)cc1. The molecular weight excluding hydrogens is 635 g/mol. The van der Waals surface area contributed by atoms with E-state index in [1.54, 1.807) is 24.8 Å². The van der Waals surface area contributed by atoms with E-state index in [-0.39, 0.29) is 0 Å². The summed E-state index contributed by atoms with van der Waals surface area (Å²) >= 11 is 0.